The fourth-order valence-corrected chi connectivity index (χ4v) is 3.56. The molecule has 0 fully saturated rings. The number of fused-ring (bicyclic) bond motifs is 1. The van der Waals surface area contributed by atoms with Crippen molar-refractivity contribution in [2.45, 2.75) is 25.8 Å². The monoisotopic (exact) mass is 344 g/mol. The van der Waals surface area contributed by atoms with Gasteiger partial charge in [-0.05, 0) is 36.6 Å². The second-order valence-corrected chi connectivity index (χ2v) is 6.82. The number of aryl methyl sites for hydroxylation is 1. The number of carbonyl (C=O) groups excluding carboxylic acids is 1. The Kier molecular flexibility index (Phi) is 5.26. The van der Waals surface area contributed by atoms with Crippen LogP contribution >= 0.6 is 22.9 Å². The lowest BCUT2D eigenvalue weighted by atomic mass is 10.2. The van der Waals surface area contributed by atoms with Gasteiger partial charge in [0, 0.05) is 18.0 Å². The Balaban J connectivity index is 1.45. The lowest BCUT2D eigenvalue weighted by Gasteiger charge is -2.06. The molecule has 23 heavy (non-hydrogen) atoms. The summed E-state index contributed by atoms with van der Waals surface area (Å²) in [6, 6.07) is 15.7. The first-order chi connectivity index (χ1) is 11.2. The number of amides is 1. The average Bonchev–Trinajstić information content (AvgIpc) is 2.97. The molecule has 0 aliphatic rings. The van der Waals surface area contributed by atoms with Crippen LogP contribution in [0.5, 0.6) is 0 Å². The molecule has 0 saturated carbocycles. The van der Waals surface area contributed by atoms with E-state index in [9.17, 15) is 4.79 Å². The zero-order valence-corrected chi connectivity index (χ0v) is 14.2. The summed E-state index contributed by atoms with van der Waals surface area (Å²) in [6.45, 7) is 0.472. The highest BCUT2D eigenvalue weighted by molar-refractivity contribution is 7.18. The number of rotatable bonds is 6. The average molecular weight is 345 g/mol. The predicted octanol–water partition coefficient (Wildman–Crippen LogP) is 4.59. The minimum Gasteiger partial charge on any atom is -0.352 e. The van der Waals surface area contributed by atoms with Gasteiger partial charge in [0.2, 0.25) is 5.91 Å². The summed E-state index contributed by atoms with van der Waals surface area (Å²) in [5, 5.41) is 4.68. The maximum absolute atomic E-state index is 11.9. The van der Waals surface area contributed by atoms with Gasteiger partial charge < -0.3 is 5.32 Å². The Morgan fingerprint density at radius 2 is 1.91 bits per heavy atom. The highest BCUT2D eigenvalue weighted by Crippen LogP contribution is 2.22. The Bertz CT molecular complexity index is 782. The molecule has 3 nitrogen and oxygen atoms in total. The van der Waals surface area contributed by atoms with Gasteiger partial charge in [-0.15, -0.1) is 11.3 Å². The molecule has 1 amide bonds. The zero-order chi connectivity index (χ0) is 16.1. The van der Waals surface area contributed by atoms with Gasteiger partial charge in [-0.2, -0.15) is 0 Å². The van der Waals surface area contributed by atoms with Crippen molar-refractivity contribution >= 4 is 39.1 Å². The van der Waals surface area contributed by atoms with Gasteiger partial charge in [0.05, 0.1) is 15.2 Å². The van der Waals surface area contributed by atoms with Crippen LogP contribution in [0.15, 0.2) is 48.5 Å². The smallest absolute Gasteiger partial charge is 0.220 e. The lowest BCUT2D eigenvalue weighted by Crippen LogP contribution is -2.22. The van der Waals surface area contributed by atoms with E-state index in [2.05, 4.69) is 16.4 Å². The van der Waals surface area contributed by atoms with Gasteiger partial charge in [0.15, 0.2) is 0 Å². The molecule has 0 aliphatic carbocycles. The first-order valence-electron chi connectivity index (χ1n) is 7.57. The fourth-order valence-electron chi connectivity index (χ4n) is 2.35. The van der Waals surface area contributed by atoms with Crippen LogP contribution < -0.4 is 5.32 Å². The fraction of sp³-hybridized carbons (Fsp3) is 0.222. The molecule has 1 heterocycles. The SMILES string of the molecule is O=C(CCCc1nc2ccccc2s1)NCc1ccccc1Cl. The first kappa shape index (κ1) is 16.0. The molecule has 5 heteroatoms. The van der Waals surface area contributed by atoms with Crippen LogP contribution in [0.4, 0.5) is 0 Å². The Hall–Kier alpha value is -1.91. The van der Waals surface area contributed by atoms with E-state index in [0.29, 0.717) is 18.0 Å². The van der Waals surface area contributed by atoms with Crippen molar-refractivity contribution in [2.75, 3.05) is 0 Å². The van der Waals surface area contributed by atoms with E-state index in [0.717, 1.165) is 28.9 Å². The summed E-state index contributed by atoms with van der Waals surface area (Å²) < 4.78 is 1.20. The molecular formula is C18H17ClN2OS. The topological polar surface area (TPSA) is 42.0 Å². The summed E-state index contributed by atoms with van der Waals surface area (Å²) in [6.07, 6.45) is 2.13. The van der Waals surface area contributed by atoms with Crippen LogP contribution in [-0.4, -0.2) is 10.9 Å². The van der Waals surface area contributed by atoms with E-state index < -0.39 is 0 Å². The van der Waals surface area contributed by atoms with Crippen LogP contribution in [0.1, 0.15) is 23.4 Å². The largest absolute Gasteiger partial charge is 0.352 e. The second kappa shape index (κ2) is 7.57. The van der Waals surface area contributed by atoms with Gasteiger partial charge in [0.1, 0.15) is 0 Å². The van der Waals surface area contributed by atoms with E-state index >= 15 is 0 Å². The summed E-state index contributed by atoms with van der Waals surface area (Å²) in [5.74, 6) is 0.0473. The number of hydrogen-bond donors (Lipinski definition) is 1. The number of thiazole rings is 1. The highest BCUT2D eigenvalue weighted by Gasteiger charge is 2.06. The van der Waals surface area contributed by atoms with E-state index in [1.54, 1.807) is 11.3 Å². The number of halogens is 1. The quantitative estimate of drug-likeness (QED) is 0.710. The molecule has 3 aromatic rings. The lowest BCUT2D eigenvalue weighted by molar-refractivity contribution is -0.121. The molecule has 0 radical (unpaired) electrons. The molecule has 0 bridgehead atoms. The molecule has 3 rings (SSSR count). The van der Waals surface area contributed by atoms with Gasteiger partial charge in [-0.3, -0.25) is 4.79 Å². The van der Waals surface area contributed by atoms with Crippen molar-refractivity contribution in [3.05, 3.63) is 64.1 Å². The number of aromatic nitrogens is 1. The third-order valence-corrected chi connectivity index (χ3v) is 5.03. The number of hydrogen-bond acceptors (Lipinski definition) is 3. The van der Waals surface area contributed by atoms with Crippen molar-refractivity contribution in [3.63, 3.8) is 0 Å². The summed E-state index contributed by atoms with van der Waals surface area (Å²) in [7, 11) is 0. The Morgan fingerprint density at radius 3 is 2.74 bits per heavy atom. The van der Waals surface area contributed by atoms with Crippen molar-refractivity contribution < 1.29 is 4.79 Å². The molecule has 0 unspecified atom stereocenters. The van der Waals surface area contributed by atoms with Gasteiger partial charge in [-0.1, -0.05) is 41.9 Å². The van der Waals surface area contributed by atoms with Gasteiger partial charge in [-0.25, -0.2) is 4.98 Å². The number of para-hydroxylation sites is 1. The molecule has 0 atom stereocenters. The van der Waals surface area contributed by atoms with Crippen LogP contribution in [-0.2, 0) is 17.8 Å². The molecular weight excluding hydrogens is 328 g/mol. The summed E-state index contributed by atoms with van der Waals surface area (Å²) in [4.78, 5) is 16.5. The van der Waals surface area contributed by atoms with Gasteiger partial charge in [0.25, 0.3) is 0 Å². The summed E-state index contributed by atoms with van der Waals surface area (Å²) >= 11 is 7.77. The predicted molar refractivity (Wildman–Crippen MR) is 95.9 cm³/mol. The van der Waals surface area contributed by atoms with E-state index in [-0.39, 0.29) is 5.91 Å². The minimum atomic E-state index is 0.0473. The Morgan fingerprint density at radius 1 is 1.13 bits per heavy atom. The molecule has 0 aliphatic heterocycles. The zero-order valence-electron chi connectivity index (χ0n) is 12.6. The van der Waals surface area contributed by atoms with Crippen LogP contribution in [0, 0.1) is 0 Å². The minimum absolute atomic E-state index is 0.0473. The first-order valence-corrected chi connectivity index (χ1v) is 8.76. The summed E-state index contributed by atoms with van der Waals surface area (Å²) in [5.41, 5.74) is 1.98. The molecule has 1 aromatic heterocycles. The van der Waals surface area contributed by atoms with E-state index in [4.69, 9.17) is 11.6 Å². The Labute approximate surface area is 144 Å². The number of benzene rings is 2. The second-order valence-electron chi connectivity index (χ2n) is 5.30. The third-order valence-electron chi connectivity index (χ3n) is 3.57. The van der Waals surface area contributed by atoms with Gasteiger partial charge >= 0.3 is 0 Å². The molecule has 2 aromatic carbocycles. The molecule has 118 valence electrons. The van der Waals surface area contributed by atoms with Crippen molar-refractivity contribution in [1.29, 1.82) is 0 Å². The van der Waals surface area contributed by atoms with Crippen LogP contribution in [0.3, 0.4) is 0 Å². The van der Waals surface area contributed by atoms with Crippen LogP contribution in [0.2, 0.25) is 5.02 Å². The number of carbonyl (C=O) groups is 1. The normalized spacial score (nSPS) is 10.8. The molecule has 1 N–H and O–H groups in total. The number of nitrogens with one attached hydrogen (secondary N) is 1. The maximum Gasteiger partial charge on any atom is 0.220 e. The molecule has 0 saturated heterocycles. The maximum atomic E-state index is 11.9. The van der Waals surface area contributed by atoms with E-state index in [1.165, 1.54) is 4.70 Å². The van der Waals surface area contributed by atoms with Crippen molar-refractivity contribution in [1.82, 2.24) is 10.3 Å². The van der Waals surface area contributed by atoms with Crippen LogP contribution in [0.25, 0.3) is 10.2 Å². The third kappa shape index (κ3) is 4.30. The van der Waals surface area contributed by atoms with E-state index in [1.807, 2.05) is 42.5 Å². The number of nitrogens with zero attached hydrogens (tertiary/aromatic N) is 1. The van der Waals surface area contributed by atoms with Crippen molar-refractivity contribution in [3.8, 4) is 0 Å². The highest BCUT2D eigenvalue weighted by atomic mass is 35.5. The molecule has 0 spiro atoms. The standard InChI is InChI=1S/C18H17ClN2OS/c19-14-7-2-1-6-13(14)12-20-17(22)10-5-11-18-21-15-8-3-4-9-16(15)23-18/h1-4,6-9H,5,10-12H2,(H,20,22). The van der Waals surface area contributed by atoms with Crippen molar-refractivity contribution in [2.24, 2.45) is 0 Å².